The van der Waals surface area contributed by atoms with Crippen LogP contribution in [0.1, 0.15) is 55.1 Å². The maximum Gasteiger partial charge on any atom is 0.304 e. The second kappa shape index (κ2) is 8.84. The number of ketones is 1. The van der Waals surface area contributed by atoms with Crippen LogP contribution in [0.2, 0.25) is 0 Å². The number of rotatable bonds is 10. The number of benzene rings is 1. The Kier molecular flexibility index (Phi) is 6.96. The Morgan fingerprint density at radius 3 is 2.50 bits per heavy atom. The number of nitrogens with one attached hydrogen (secondary N) is 1. The summed E-state index contributed by atoms with van der Waals surface area (Å²) in [6.07, 6.45) is 0.755. The zero-order valence-electron chi connectivity index (χ0n) is 17.0. The minimum atomic E-state index is -0.954. The molecule has 1 fully saturated rings. The minimum absolute atomic E-state index is 0.106. The Morgan fingerprint density at radius 2 is 1.96 bits per heavy atom. The van der Waals surface area contributed by atoms with Crippen molar-refractivity contribution in [2.24, 2.45) is 11.7 Å². The number of Topliss-reactive ketones (excluding diaryl/α,β-unsaturated/α-hetero) is 1. The highest BCUT2D eigenvalue weighted by Crippen LogP contribution is 2.29. The van der Waals surface area contributed by atoms with Crippen molar-refractivity contribution in [1.82, 2.24) is 5.32 Å². The lowest BCUT2D eigenvalue weighted by molar-refractivity contribution is -0.137. The van der Waals surface area contributed by atoms with Crippen LogP contribution in [0.25, 0.3) is 0 Å². The number of nitrogens with two attached hydrogens (primary N) is 1. The number of carboxylic acid groups (broad SMARTS) is 1. The van der Waals surface area contributed by atoms with Crippen LogP contribution in [0, 0.1) is 12.8 Å². The molecule has 0 aromatic heterocycles. The van der Waals surface area contributed by atoms with Crippen LogP contribution in [-0.4, -0.2) is 47.1 Å². The van der Waals surface area contributed by atoms with E-state index in [1.807, 2.05) is 26.8 Å². The van der Waals surface area contributed by atoms with Gasteiger partial charge in [-0.25, -0.2) is 0 Å². The van der Waals surface area contributed by atoms with Gasteiger partial charge in [0, 0.05) is 11.6 Å². The summed E-state index contributed by atoms with van der Waals surface area (Å²) in [6.45, 7) is 8.00. The molecule has 0 bridgehead atoms. The molecule has 1 amide bonds. The van der Waals surface area contributed by atoms with Crippen LogP contribution < -0.4 is 11.1 Å². The monoisotopic (exact) mass is 390 g/mol. The first kappa shape index (κ1) is 22.0. The summed E-state index contributed by atoms with van der Waals surface area (Å²) >= 11 is 0. The highest BCUT2D eigenvalue weighted by atomic mass is 16.6. The van der Waals surface area contributed by atoms with Gasteiger partial charge >= 0.3 is 5.97 Å². The Labute approximate surface area is 165 Å². The molecule has 154 valence electrons. The summed E-state index contributed by atoms with van der Waals surface area (Å²) in [4.78, 5) is 36.3. The standard InChI is InChI=1S/C21H30N2O5/c1-12(2)7-17(19(26)21(4)11-28-21)23-20(27)14-6-5-13(3)15(8-14)9-16(22)10-18(24)25/h5-6,8,12,16-17H,7,9-11,22H2,1-4H3,(H,23,27)(H,24,25)/t16?,17?,21-/m1/s1. The van der Waals surface area contributed by atoms with Crippen LogP contribution in [-0.2, 0) is 20.7 Å². The fourth-order valence-electron chi connectivity index (χ4n) is 3.18. The van der Waals surface area contributed by atoms with Gasteiger partial charge in [0.25, 0.3) is 5.91 Å². The molecule has 1 saturated heterocycles. The van der Waals surface area contributed by atoms with Gasteiger partial charge in [-0.05, 0) is 55.9 Å². The van der Waals surface area contributed by atoms with E-state index in [4.69, 9.17) is 15.6 Å². The molecule has 1 heterocycles. The van der Waals surface area contributed by atoms with E-state index in [2.05, 4.69) is 5.32 Å². The van der Waals surface area contributed by atoms with E-state index in [1.165, 1.54) is 0 Å². The van der Waals surface area contributed by atoms with Crippen molar-refractivity contribution < 1.29 is 24.2 Å². The van der Waals surface area contributed by atoms with Crippen molar-refractivity contribution in [2.75, 3.05) is 6.61 Å². The molecule has 4 N–H and O–H groups in total. The van der Waals surface area contributed by atoms with E-state index in [0.717, 1.165) is 11.1 Å². The second-order valence-electron chi connectivity index (χ2n) is 8.24. The quantitative estimate of drug-likeness (QED) is 0.524. The van der Waals surface area contributed by atoms with E-state index < -0.39 is 23.7 Å². The fourth-order valence-corrected chi connectivity index (χ4v) is 3.18. The van der Waals surface area contributed by atoms with Crippen LogP contribution in [0.5, 0.6) is 0 Å². The molecular formula is C21H30N2O5. The second-order valence-corrected chi connectivity index (χ2v) is 8.24. The molecule has 7 heteroatoms. The Bertz CT molecular complexity index is 755. The number of ether oxygens (including phenoxy) is 1. The summed E-state index contributed by atoms with van der Waals surface area (Å²) in [5.41, 5.74) is 7.28. The topological polar surface area (TPSA) is 122 Å². The van der Waals surface area contributed by atoms with Crippen molar-refractivity contribution >= 4 is 17.7 Å². The van der Waals surface area contributed by atoms with E-state index in [1.54, 1.807) is 19.1 Å². The van der Waals surface area contributed by atoms with Crippen molar-refractivity contribution in [1.29, 1.82) is 0 Å². The van der Waals surface area contributed by atoms with Crippen LogP contribution in [0.4, 0.5) is 0 Å². The van der Waals surface area contributed by atoms with Crippen molar-refractivity contribution in [3.05, 3.63) is 34.9 Å². The molecule has 2 unspecified atom stereocenters. The summed E-state index contributed by atoms with van der Waals surface area (Å²) in [5.74, 6) is -1.16. The van der Waals surface area contributed by atoms with E-state index >= 15 is 0 Å². The maximum absolute atomic E-state index is 12.8. The number of aliphatic carboxylic acids is 1. The third kappa shape index (κ3) is 5.87. The Balaban J connectivity index is 2.14. The molecule has 0 aliphatic carbocycles. The number of hydrogen-bond donors (Lipinski definition) is 3. The number of hydrogen-bond acceptors (Lipinski definition) is 5. The molecule has 1 aromatic rings. The number of aryl methyl sites for hydroxylation is 1. The van der Waals surface area contributed by atoms with Gasteiger partial charge in [-0.2, -0.15) is 0 Å². The summed E-state index contributed by atoms with van der Waals surface area (Å²) in [7, 11) is 0. The molecule has 0 spiro atoms. The van der Waals surface area contributed by atoms with Crippen molar-refractivity contribution in [3.63, 3.8) is 0 Å². The van der Waals surface area contributed by atoms with Gasteiger partial charge < -0.3 is 20.9 Å². The molecule has 1 aliphatic heterocycles. The van der Waals surface area contributed by atoms with Gasteiger partial charge in [0.15, 0.2) is 5.78 Å². The molecule has 0 saturated carbocycles. The molecule has 1 aliphatic rings. The van der Waals surface area contributed by atoms with Crippen LogP contribution >= 0.6 is 0 Å². The third-order valence-electron chi connectivity index (χ3n) is 4.96. The van der Waals surface area contributed by atoms with Crippen molar-refractivity contribution in [3.8, 4) is 0 Å². The Morgan fingerprint density at radius 1 is 1.32 bits per heavy atom. The summed E-state index contributed by atoms with van der Waals surface area (Å²) in [6, 6.07) is 4.08. The van der Waals surface area contributed by atoms with Gasteiger partial charge in [0.05, 0.1) is 19.1 Å². The number of epoxide rings is 1. The predicted molar refractivity (Wildman–Crippen MR) is 105 cm³/mol. The lowest BCUT2D eigenvalue weighted by Gasteiger charge is -2.21. The first-order valence-electron chi connectivity index (χ1n) is 9.58. The largest absolute Gasteiger partial charge is 0.481 e. The van der Waals surface area contributed by atoms with E-state index in [-0.39, 0.29) is 24.0 Å². The van der Waals surface area contributed by atoms with Crippen LogP contribution in [0.15, 0.2) is 18.2 Å². The zero-order valence-corrected chi connectivity index (χ0v) is 17.0. The maximum atomic E-state index is 12.8. The Hall–Kier alpha value is -2.25. The SMILES string of the molecule is Cc1ccc(C(=O)NC(CC(C)C)C(=O)[C@@]2(C)CO2)cc1CC(N)CC(=O)O. The number of carboxylic acids is 1. The first-order chi connectivity index (χ1) is 13.0. The summed E-state index contributed by atoms with van der Waals surface area (Å²) < 4.78 is 5.26. The normalized spacial score (nSPS) is 20.5. The molecule has 1 aromatic carbocycles. The lowest BCUT2D eigenvalue weighted by atomic mass is 9.93. The predicted octanol–water partition coefficient (Wildman–Crippen LogP) is 1.84. The van der Waals surface area contributed by atoms with Gasteiger partial charge in [0.1, 0.15) is 5.60 Å². The molecule has 7 nitrogen and oxygen atoms in total. The average molecular weight is 390 g/mol. The lowest BCUT2D eigenvalue weighted by Crippen LogP contribution is -2.46. The van der Waals surface area contributed by atoms with Gasteiger partial charge in [-0.3, -0.25) is 14.4 Å². The third-order valence-corrected chi connectivity index (χ3v) is 4.96. The highest BCUT2D eigenvalue weighted by molar-refractivity contribution is 6.01. The van der Waals surface area contributed by atoms with E-state index in [9.17, 15) is 14.4 Å². The fraction of sp³-hybridized carbons (Fsp3) is 0.571. The molecule has 2 rings (SSSR count). The minimum Gasteiger partial charge on any atom is -0.481 e. The smallest absolute Gasteiger partial charge is 0.304 e. The van der Waals surface area contributed by atoms with Crippen molar-refractivity contribution in [2.45, 2.75) is 64.6 Å². The molecular weight excluding hydrogens is 360 g/mol. The average Bonchev–Trinajstić information content (AvgIpc) is 3.33. The first-order valence-corrected chi connectivity index (χ1v) is 9.58. The number of carbonyl (C=O) groups is 3. The summed E-state index contributed by atoms with van der Waals surface area (Å²) in [5, 5.41) is 11.7. The highest BCUT2D eigenvalue weighted by Gasteiger charge is 2.50. The molecule has 0 radical (unpaired) electrons. The van der Waals surface area contributed by atoms with E-state index in [0.29, 0.717) is 25.0 Å². The number of amides is 1. The van der Waals surface area contributed by atoms with Gasteiger partial charge in [0.2, 0.25) is 0 Å². The zero-order chi connectivity index (χ0) is 21.1. The molecule has 3 atom stereocenters. The molecule has 28 heavy (non-hydrogen) atoms. The van der Waals surface area contributed by atoms with Gasteiger partial charge in [-0.15, -0.1) is 0 Å². The number of carbonyl (C=O) groups excluding carboxylic acids is 2. The van der Waals surface area contributed by atoms with Crippen LogP contribution in [0.3, 0.4) is 0 Å². The van der Waals surface area contributed by atoms with Gasteiger partial charge in [-0.1, -0.05) is 19.9 Å².